The van der Waals surface area contributed by atoms with E-state index in [1.165, 1.54) is 0 Å². The SMILES string of the molecule is COc1ccccc1CCNc1cncc(C(=O)NCC(C)C)c1. The first kappa shape index (κ1) is 17.8. The third-order valence-electron chi connectivity index (χ3n) is 3.59. The summed E-state index contributed by atoms with van der Waals surface area (Å²) in [6, 6.07) is 9.79. The molecule has 0 aliphatic rings. The Bertz CT molecular complexity index is 671. The number of aromatic nitrogens is 1. The highest BCUT2D eigenvalue weighted by atomic mass is 16.5. The van der Waals surface area contributed by atoms with E-state index in [0.717, 1.165) is 30.0 Å². The maximum Gasteiger partial charge on any atom is 0.252 e. The average molecular weight is 327 g/mol. The highest BCUT2D eigenvalue weighted by molar-refractivity contribution is 5.94. The minimum Gasteiger partial charge on any atom is -0.496 e. The van der Waals surface area contributed by atoms with E-state index in [4.69, 9.17) is 4.74 Å². The summed E-state index contributed by atoms with van der Waals surface area (Å²) in [5, 5.41) is 6.21. The molecule has 0 saturated carbocycles. The predicted octanol–water partition coefficient (Wildman–Crippen LogP) is 3.13. The van der Waals surface area contributed by atoms with Crippen molar-refractivity contribution in [2.45, 2.75) is 20.3 Å². The van der Waals surface area contributed by atoms with Crippen LogP contribution in [0.15, 0.2) is 42.7 Å². The Morgan fingerprint density at radius 2 is 2.04 bits per heavy atom. The highest BCUT2D eigenvalue weighted by Crippen LogP contribution is 2.18. The van der Waals surface area contributed by atoms with Crippen molar-refractivity contribution in [2.75, 3.05) is 25.5 Å². The molecule has 0 spiro atoms. The molecule has 0 unspecified atom stereocenters. The van der Waals surface area contributed by atoms with Crippen molar-refractivity contribution < 1.29 is 9.53 Å². The molecule has 1 heterocycles. The smallest absolute Gasteiger partial charge is 0.252 e. The fourth-order valence-electron chi connectivity index (χ4n) is 2.31. The van der Waals surface area contributed by atoms with Crippen LogP contribution in [0.4, 0.5) is 5.69 Å². The Labute approximate surface area is 143 Å². The molecule has 0 aliphatic heterocycles. The molecule has 1 aromatic heterocycles. The topological polar surface area (TPSA) is 63.2 Å². The summed E-state index contributed by atoms with van der Waals surface area (Å²) >= 11 is 0. The van der Waals surface area contributed by atoms with Crippen molar-refractivity contribution in [3.8, 4) is 5.75 Å². The molecule has 2 N–H and O–H groups in total. The number of benzene rings is 1. The van der Waals surface area contributed by atoms with E-state index in [1.807, 2.05) is 24.3 Å². The van der Waals surface area contributed by atoms with Crippen molar-refractivity contribution >= 4 is 11.6 Å². The first-order valence-corrected chi connectivity index (χ1v) is 8.19. The van der Waals surface area contributed by atoms with Crippen molar-refractivity contribution in [3.05, 3.63) is 53.9 Å². The molecule has 5 heteroatoms. The van der Waals surface area contributed by atoms with Crippen molar-refractivity contribution in [1.82, 2.24) is 10.3 Å². The average Bonchev–Trinajstić information content (AvgIpc) is 2.60. The zero-order valence-corrected chi connectivity index (χ0v) is 14.5. The molecule has 0 aliphatic carbocycles. The molecule has 2 rings (SSSR count). The minimum absolute atomic E-state index is 0.0930. The van der Waals surface area contributed by atoms with Gasteiger partial charge in [0, 0.05) is 25.5 Å². The van der Waals surface area contributed by atoms with Gasteiger partial charge in [0.05, 0.1) is 18.4 Å². The van der Waals surface area contributed by atoms with Crippen LogP contribution in [0.1, 0.15) is 29.8 Å². The summed E-state index contributed by atoms with van der Waals surface area (Å²) < 4.78 is 5.35. The Hall–Kier alpha value is -2.56. The van der Waals surface area contributed by atoms with Crippen LogP contribution in [-0.4, -0.2) is 31.1 Å². The van der Waals surface area contributed by atoms with E-state index in [9.17, 15) is 4.79 Å². The molecule has 5 nitrogen and oxygen atoms in total. The highest BCUT2D eigenvalue weighted by Gasteiger charge is 2.07. The molecule has 2 aromatic rings. The number of pyridine rings is 1. The van der Waals surface area contributed by atoms with E-state index < -0.39 is 0 Å². The zero-order valence-electron chi connectivity index (χ0n) is 14.5. The number of ether oxygens (including phenoxy) is 1. The van der Waals surface area contributed by atoms with E-state index >= 15 is 0 Å². The van der Waals surface area contributed by atoms with E-state index in [1.54, 1.807) is 19.5 Å². The third-order valence-corrected chi connectivity index (χ3v) is 3.59. The van der Waals surface area contributed by atoms with Gasteiger partial charge >= 0.3 is 0 Å². The number of nitrogens with zero attached hydrogens (tertiary/aromatic N) is 1. The van der Waals surface area contributed by atoms with Crippen LogP contribution in [0.25, 0.3) is 0 Å². The van der Waals surface area contributed by atoms with Crippen LogP contribution in [0.2, 0.25) is 0 Å². The summed E-state index contributed by atoms with van der Waals surface area (Å²) in [7, 11) is 1.68. The Morgan fingerprint density at radius 1 is 1.25 bits per heavy atom. The standard InChI is InChI=1S/C19H25N3O2/c1-14(2)11-22-19(23)16-10-17(13-20-12-16)21-9-8-15-6-4-5-7-18(15)24-3/h4-7,10,12-14,21H,8-9,11H2,1-3H3,(H,22,23). The number of carbonyl (C=O) groups excluding carboxylic acids is 1. The number of hydrogen-bond donors (Lipinski definition) is 2. The number of hydrogen-bond acceptors (Lipinski definition) is 4. The largest absolute Gasteiger partial charge is 0.496 e. The van der Waals surface area contributed by atoms with Crippen molar-refractivity contribution in [2.24, 2.45) is 5.92 Å². The second-order valence-electron chi connectivity index (χ2n) is 6.05. The summed E-state index contributed by atoms with van der Waals surface area (Å²) in [5.74, 6) is 1.22. The van der Waals surface area contributed by atoms with Gasteiger partial charge in [0.2, 0.25) is 0 Å². The van der Waals surface area contributed by atoms with Gasteiger partial charge in [-0.05, 0) is 30.0 Å². The van der Waals surface area contributed by atoms with Gasteiger partial charge in [0.1, 0.15) is 5.75 Å². The molecule has 1 aromatic carbocycles. The maximum absolute atomic E-state index is 12.1. The van der Waals surface area contributed by atoms with Crippen LogP contribution in [0, 0.1) is 5.92 Å². The lowest BCUT2D eigenvalue weighted by Crippen LogP contribution is -2.27. The molecule has 128 valence electrons. The van der Waals surface area contributed by atoms with E-state index in [-0.39, 0.29) is 5.91 Å². The van der Waals surface area contributed by atoms with Gasteiger partial charge in [-0.15, -0.1) is 0 Å². The van der Waals surface area contributed by atoms with E-state index in [0.29, 0.717) is 18.0 Å². The Balaban J connectivity index is 1.91. The second kappa shape index (κ2) is 8.91. The quantitative estimate of drug-likeness (QED) is 0.782. The lowest BCUT2D eigenvalue weighted by molar-refractivity contribution is 0.0948. The molecular formula is C19H25N3O2. The number of carbonyl (C=O) groups is 1. The molecule has 0 radical (unpaired) electrons. The molecular weight excluding hydrogens is 302 g/mol. The fraction of sp³-hybridized carbons (Fsp3) is 0.368. The van der Waals surface area contributed by atoms with Crippen molar-refractivity contribution in [3.63, 3.8) is 0 Å². The molecule has 1 amide bonds. The van der Waals surface area contributed by atoms with Crippen LogP contribution < -0.4 is 15.4 Å². The molecule has 0 fully saturated rings. The number of nitrogens with one attached hydrogen (secondary N) is 2. The monoisotopic (exact) mass is 327 g/mol. The fourth-order valence-corrected chi connectivity index (χ4v) is 2.31. The van der Waals surface area contributed by atoms with Crippen LogP contribution in [0.3, 0.4) is 0 Å². The van der Waals surface area contributed by atoms with Crippen LogP contribution in [-0.2, 0) is 6.42 Å². The first-order chi connectivity index (χ1) is 11.6. The number of rotatable bonds is 8. The Kier molecular flexibility index (Phi) is 6.61. The number of anilines is 1. The molecule has 0 atom stereocenters. The zero-order chi connectivity index (χ0) is 17.4. The van der Waals surface area contributed by atoms with Gasteiger partial charge in [0.15, 0.2) is 0 Å². The van der Waals surface area contributed by atoms with Gasteiger partial charge in [0.25, 0.3) is 5.91 Å². The normalized spacial score (nSPS) is 10.5. The summed E-state index contributed by atoms with van der Waals surface area (Å²) in [6.45, 7) is 5.52. The second-order valence-corrected chi connectivity index (χ2v) is 6.05. The first-order valence-electron chi connectivity index (χ1n) is 8.19. The van der Waals surface area contributed by atoms with Gasteiger partial charge in [-0.2, -0.15) is 0 Å². The summed E-state index contributed by atoms with van der Waals surface area (Å²) in [6.07, 6.45) is 4.14. The van der Waals surface area contributed by atoms with Crippen LogP contribution >= 0.6 is 0 Å². The van der Waals surface area contributed by atoms with Gasteiger partial charge in [-0.1, -0.05) is 32.0 Å². The van der Waals surface area contributed by atoms with Gasteiger partial charge in [-0.3, -0.25) is 9.78 Å². The summed E-state index contributed by atoms with van der Waals surface area (Å²) in [5.41, 5.74) is 2.55. The number of amides is 1. The number of para-hydroxylation sites is 1. The molecule has 0 bridgehead atoms. The molecule has 0 saturated heterocycles. The molecule has 24 heavy (non-hydrogen) atoms. The van der Waals surface area contributed by atoms with Gasteiger partial charge in [-0.25, -0.2) is 0 Å². The lowest BCUT2D eigenvalue weighted by atomic mass is 10.1. The van der Waals surface area contributed by atoms with Gasteiger partial charge < -0.3 is 15.4 Å². The third kappa shape index (κ3) is 5.26. The van der Waals surface area contributed by atoms with Crippen molar-refractivity contribution in [1.29, 1.82) is 0 Å². The van der Waals surface area contributed by atoms with E-state index in [2.05, 4.69) is 35.5 Å². The Morgan fingerprint density at radius 3 is 2.79 bits per heavy atom. The van der Waals surface area contributed by atoms with Crippen LogP contribution in [0.5, 0.6) is 5.75 Å². The lowest BCUT2D eigenvalue weighted by Gasteiger charge is -2.11. The predicted molar refractivity (Wildman–Crippen MR) is 96.6 cm³/mol. The summed E-state index contributed by atoms with van der Waals surface area (Å²) in [4.78, 5) is 16.2. The maximum atomic E-state index is 12.1. The minimum atomic E-state index is -0.0930. The number of methoxy groups -OCH3 is 1.